The molecule has 9 heteroatoms. The van der Waals surface area contributed by atoms with Crippen LogP contribution in [0.4, 0.5) is 17.3 Å². The number of amides is 1. The molecule has 0 aliphatic rings. The third kappa shape index (κ3) is 3.64. The fraction of sp³-hybridized carbons (Fsp3) is 0.0667. The molecule has 1 aromatic carbocycles. The largest absolute Gasteiger partial charge is 0.360 e. The molecule has 0 atom stereocenters. The highest BCUT2D eigenvalue weighted by atomic mass is 35.5. The van der Waals surface area contributed by atoms with Gasteiger partial charge in [0.25, 0.3) is 5.91 Å². The Bertz CT molecular complexity index is 880. The second-order valence-corrected chi connectivity index (χ2v) is 5.59. The molecule has 0 saturated carbocycles. The van der Waals surface area contributed by atoms with Gasteiger partial charge in [-0.05, 0) is 31.2 Å². The summed E-state index contributed by atoms with van der Waals surface area (Å²) in [6.45, 7) is 1.73. The van der Waals surface area contributed by atoms with Gasteiger partial charge < -0.3 is 15.2 Å². The van der Waals surface area contributed by atoms with E-state index in [-0.39, 0.29) is 5.69 Å². The lowest BCUT2D eigenvalue weighted by Gasteiger charge is -2.08. The van der Waals surface area contributed by atoms with Crippen molar-refractivity contribution < 1.29 is 9.32 Å². The van der Waals surface area contributed by atoms with Gasteiger partial charge in [0.15, 0.2) is 17.3 Å². The first-order valence-electron chi connectivity index (χ1n) is 6.82. The number of anilines is 3. The summed E-state index contributed by atoms with van der Waals surface area (Å²) < 4.78 is 4.87. The Labute approximate surface area is 147 Å². The Balaban J connectivity index is 1.71. The van der Waals surface area contributed by atoms with Crippen molar-refractivity contribution in [1.29, 1.82) is 0 Å². The number of aromatic nitrogens is 3. The molecule has 2 heterocycles. The summed E-state index contributed by atoms with van der Waals surface area (Å²) in [4.78, 5) is 12.0. The average molecular weight is 364 g/mol. The minimum absolute atomic E-state index is 0.137. The molecule has 0 spiro atoms. The van der Waals surface area contributed by atoms with Crippen LogP contribution in [0.2, 0.25) is 10.0 Å². The van der Waals surface area contributed by atoms with Crippen molar-refractivity contribution >= 4 is 46.4 Å². The van der Waals surface area contributed by atoms with Gasteiger partial charge >= 0.3 is 0 Å². The van der Waals surface area contributed by atoms with Gasteiger partial charge in [0.2, 0.25) is 0 Å². The SMILES string of the molecule is Cc1cc(NC(=O)c2ccc(Nc3cccc(Cl)c3Cl)nn2)no1. The Morgan fingerprint density at radius 1 is 1.12 bits per heavy atom. The predicted octanol–water partition coefficient (Wildman–Crippen LogP) is 4.08. The summed E-state index contributed by atoms with van der Waals surface area (Å²) in [5.41, 5.74) is 0.729. The minimum atomic E-state index is -0.442. The molecule has 7 nitrogen and oxygen atoms in total. The molecule has 0 fully saturated rings. The van der Waals surface area contributed by atoms with E-state index in [4.69, 9.17) is 27.7 Å². The highest BCUT2D eigenvalue weighted by Gasteiger charge is 2.12. The molecule has 3 aromatic rings. The molecule has 122 valence electrons. The lowest BCUT2D eigenvalue weighted by atomic mass is 10.3. The van der Waals surface area contributed by atoms with Crippen LogP contribution in [0.15, 0.2) is 40.9 Å². The van der Waals surface area contributed by atoms with E-state index in [1.807, 2.05) is 0 Å². The van der Waals surface area contributed by atoms with Crippen LogP contribution in [-0.4, -0.2) is 21.3 Å². The molecule has 1 amide bonds. The zero-order valence-corrected chi connectivity index (χ0v) is 13.9. The number of carbonyl (C=O) groups excluding carboxylic acids is 1. The fourth-order valence-corrected chi connectivity index (χ4v) is 2.21. The number of benzene rings is 1. The Morgan fingerprint density at radius 2 is 1.96 bits per heavy atom. The first-order valence-corrected chi connectivity index (χ1v) is 7.58. The second-order valence-electron chi connectivity index (χ2n) is 4.81. The van der Waals surface area contributed by atoms with E-state index < -0.39 is 5.91 Å². The third-order valence-electron chi connectivity index (χ3n) is 2.98. The topological polar surface area (TPSA) is 92.9 Å². The maximum Gasteiger partial charge on any atom is 0.277 e. The van der Waals surface area contributed by atoms with E-state index in [1.165, 1.54) is 6.07 Å². The molecule has 2 N–H and O–H groups in total. The number of nitrogens with zero attached hydrogens (tertiary/aromatic N) is 3. The monoisotopic (exact) mass is 363 g/mol. The van der Waals surface area contributed by atoms with Gasteiger partial charge in [-0.3, -0.25) is 4.79 Å². The number of nitrogens with one attached hydrogen (secondary N) is 2. The van der Waals surface area contributed by atoms with Gasteiger partial charge in [-0.1, -0.05) is 34.4 Å². The molecule has 0 bridgehead atoms. The molecule has 2 aromatic heterocycles. The molecule has 0 aliphatic carbocycles. The maximum absolute atomic E-state index is 12.0. The Kier molecular flexibility index (Phi) is 4.64. The normalized spacial score (nSPS) is 10.5. The van der Waals surface area contributed by atoms with Gasteiger partial charge in [-0.25, -0.2) is 0 Å². The lowest BCUT2D eigenvalue weighted by molar-refractivity contribution is 0.102. The summed E-state index contributed by atoms with van der Waals surface area (Å²) in [5.74, 6) is 0.887. The van der Waals surface area contributed by atoms with Crippen LogP contribution in [0.5, 0.6) is 0 Å². The van der Waals surface area contributed by atoms with Gasteiger partial charge in [0.05, 0.1) is 15.7 Å². The van der Waals surface area contributed by atoms with Crippen molar-refractivity contribution in [1.82, 2.24) is 15.4 Å². The van der Waals surface area contributed by atoms with Crippen LogP contribution in [0.1, 0.15) is 16.2 Å². The molecule has 0 saturated heterocycles. The molecule has 0 aliphatic heterocycles. The standard InChI is InChI=1S/C15H11Cl2N5O2/c1-8-7-13(22-24-8)19-15(23)11-5-6-12(21-20-11)18-10-4-2-3-9(16)14(10)17/h2-7H,1H3,(H,18,21)(H,19,22,23). The van der Waals surface area contributed by atoms with E-state index in [2.05, 4.69) is 26.0 Å². The number of carbonyl (C=O) groups is 1. The molecule has 0 unspecified atom stereocenters. The molecular weight excluding hydrogens is 353 g/mol. The predicted molar refractivity (Wildman–Crippen MR) is 91.0 cm³/mol. The highest BCUT2D eigenvalue weighted by Crippen LogP contribution is 2.31. The van der Waals surface area contributed by atoms with E-state index in [9.17, 15) is 4.79 Å². The zero-order chi connectivity index (χ0) is 17.1. The van der Waals surface area contributed by atoms with E-state index in [0.29, 0.717) is 33.1 Å². The number of hydrogen-bond acceptors (Lipinski definition) is 6. The summed E-state index contributed by atoms with van der Waals surface area (Å²) in [7, 11) is 0. The molecule has 3 rings (SSSR count). The van der Waals surface area contributed by atoms with Crippen LogP contribution in [-0.2, 0) is 0 Å². The number of halogens is 2. The minimum Gasteiger partial charge on any atom is -0.360 e. The van der Waals surface area contributed by atoms with Crippen LogP contribution in [0.25, 0.3) is 0 Å². The molecule has 0 radical (unpaired) electrons. The smallest absolute Gasteiger partial charge is 0.277 e. The van der Waals surface area contributed by atoms with Gasteiger partial charge in [-0.15, -0.1) is 10.2 Å². The van der Waals surface area contributed by atoms with Crippen molar-refractivity contribution in [3.05, 3.63) is 57.9 Å². The zero-order valence-electron chi connectivity index (χ0n) is 12.4. The average Bonchev–Trinajstić information content (AvgIpc) is 2.97. The van der Waals surface area contributed by atoms with E-state index in [0.717, 1.165) is 0 Å². The van der Waals surface area contributed by atoms with Gasteiger partial charge in [0, 0.05) is 6.07 Å². The maximum atomic E-state index is 12.0. The van der Waals surface area contributed by atoms with Crippen molar-refractivity contribution in [2.45, 2.75) is 6.92 Å². The Morgan fingerprint density at radius 3 is 2.62 bits per heavy atom. The van der Waals surface area contributed by atoms with Crippen LogP contribution >= 0.6 is 23.2 Å². The van der Waals surface area contributed by atoms with Crippen molar-refractivity contribution in [2.24, 2.45) is 0 Å². The van der Waals surface area contributed by atoms with Crippen LogP contribution < -0.4 is 10.6 Å². The van der Waals surface area contributed by atoms with Gasteiger partial charge in [0.1, 0.15) is 5.76 Å². The van der Waals surface area contributed by atoms with Gasteiger partial charge in [-0.2, -0.15) is 0 Å². The van der Waals surface area contributed by atoms with Crippen LogP contribution in [0.3, 0.4) is 0 Å². The summed E-state index contributed by atoms with van der Waals surface area (Å²) in [6, 6.07) is 9.92. The van der Waals surface area contributed by atoms with Crippen LogP contribution in [0, 0.1) is 6.92 Å². The molecular formula is C15H11Cl2N5O2. The first-order chi connectivity index (χ1) is 11.5. The van der Waals surface area contributed by atoms with Crippen molar-refractivity contribution in [3.8, 4) is 0 Å². The number of hydrogen-bond donors (Lipinski definition) is 2. The van der Waals surface area contributed by atoms with E-state index >= 15 is 0 Å². The summed E-state index contributed by atoms with van der Waals surface area (Å²) >= 11 is 12.0. The second kappa shape index (κ2) is 6.86. The quantitative estimate of drug-likeness (QED) is 0.725. The third-order valence-corrected chi connectivity index (χ3v) is 3.80. The summed E-state index contributed by atoms with van der Waals surface area (Å²) in [6.07, 6.45) is 0. The fourth-order valence-electron chi connectivity index (χ4n) is 1.86. The van der Waals surface area contributed by atoms with Crippen molar-refractivity contribution in [2.75, 3.05) is 10.6 Å². The number of aryl methyl sites for hydroxylation is 1. The summed E-state index contributed by atoms with van der Waals surface area (Å²) in [5, 5.41) is 17.8. The van der Waals surface area contributed by atoms with E-state index in [1.54, 1.807) is 37.3 Å². The molecule has 24 heavy (non-hydrogen) atoms. The highest BCUT2D eigenvalue weighted by molar-refractivity contribution is 6.43. The Hall–Kier alpha value is -2.64. The first kappa shape index (κ1) is 16.2. The lowest BCUT2D eigenvalue weighted by Crippen LogP contribution is -2.14. The number of rotatable bonds is 4. The van der Waals surface area contributed by atoms with Crippen molar-refractivity contribution in [3.63, 3.8) is 0 Å².